The first-order valence-electron chi connectivity index (χ1n) is 6.28. The Balaban J connectivity index is 1.97. The van der Waals surface area contributed by atoms with E-state index < -0.39 is 0 Å². The van der Waals surface area contributed by atoms with Gasteiger partial charge in [0, 0.05) is 3.57 Å². The zero-order chi connectivity index (χ0) is 14.4. The van der Waals surface area contributed by atoms with Crippen molar-refractivity contribution >= 4 is 34.2 Å². The second kappa shape index (κ2) is 7.19. The van der Waals surface area contributed by atoms with Crippen LogP contribution in [0.3, 0.4) is 0 Å². The molecule has 2 aromatic carbocycles. The van der Waals surface area contributed by atoms with Crippen LogP contribution in [0.2, 0.25) is 0 Å². The highest BCUT2D eigenvalue weighted by molar-refractivity contribution is 14.1. The Hall–Kier alpha value is -1.69. The topological polar surface area (TPSA) is 41.5 Å². The van der Waals surface area contributed by atoms with Crippen molar-refractivity contribution in [1.82, 2.24) is 5.43 Å². The molecule has 1 amide bonds. The van der Waals surface area contributed by atoms with Gasteiger partial charge >= 0.3 is 0 Å². The summed E-state index contributed by atoms with van der Waals surface area (Å²) in [7, 11) is 0. The van der Waals surface area contributed by atoms with E-state index in [1.807, 2.05) is 61.5 Å². The highest BCUT2D eigenvalue weighted by Crippen LogP contribution is 2.08. The number of nitrogens with one attached hydrogen (secondary N) is 1. The van der Waals surface area contributed by atoms with E-state index in [1.54, 1.807) is 0 Å². The van der Waals surface area contributed by atoms with Crippen LogP contribution in [0.25, 0.3) is 0 Å². The zero-order valence-electron chi connectivity index (χ0n) is 11.1. The van der Waals surface area contributed by atoms with Crippen molar-refractivity contribution in [3.05, 3.63) is 69.3 Å². The van der Waals surface area contributed by atoms with Gasteiger partial charge in [0.2, 0.25) is 5.91 Å². The molecule has 0 spiro atoms. The first-order chi connectivity index (χ1) is 9.65. The van der Waals surface area contributed by atoms with Crippen molar-refractivity contribution in [1.29, 1.82) is 0 Å². The number of hydrogen-bond acceptors (Lipinski definition) is 2. The Morgan fingerprint density at radius 2 is 1.90 bits per heavy atom. The Kier molecular flexibility index (Phi) is 5.29. The molecule has 0 radical (unpaired) electrons. The number of amides is 1. The number of halogens is 1. The normalized spacial score (nSPS) is 11.2. The molecular formula is C16H15IN2O. The summed E-state index contributed by atoms with van der Waals surface area (Å²) >= 11 is 2.25. The van der Waals surface area contributed by atoms with Crippen LogP contribution in [0.15, 0.2) is 59.7 Å². The number of rotatable bonds is 4. The number of carbonyl (C=O) groups excluding carboxylic acids is 1. The third-order valence-corrected chi connectivity index (χ3v) is 3.47. The molecule has 3 nitrogen and oxygen atoms in total. The molecule has 0 aliphatic carbocycles. The second-order valence-electron chi connectivity index (χ2n) is 4.40. The third kappa shape index (κ3) is 4.45. The molecule has 0 unspecified atom stereocenters. The van der Waals surface area contributed by atoms with Gasteiger partial charge in [-0.25, -0.2) is 5.43 Å². The van der Waals surface area contributed by atoms with E-state index >= 15 is 0 Å². The summed E-state index contributed by atoms with van der Waals surface area (Å²) in [6.07, 6.45) is 0.337. The Morgan fingerprint density at radius 3 is 2.60 bits per heavy atom. The van der Waals surface area contributed by atoms with Gasteiger partial charge in [0.25, 0.3) is 0 Å². The van der Waals surface area contributed by atoms with Crippen LogP contribution >= 0.6 is 22.6 Å². The van der Waals surface area contributed by atoms with Gasteiger partial charge in [-0.2, -0.15) is 5.10 Å². The van der Waals surface area contributed by atoms with Crippen molar-refractivity contribution in [3.63, 3.8) is 0 Å². The summed E-state index contributed by atoms with van der Waals surface area (Å²) in [6, 6.07) is 17.6. The smallest absolute Gasteiger partial charge is 0.244 e. The molecule has 0 saturated heterocycles. The van der Waals surface area contributed by atoms with E-state index in [1.165, 1.54) is 0 Å². The fraction of sp³-hybridized carbons (Fsp3) is 0.125. The van der Waals surface area contributed by atoms with Crippen molar-refractivity contribution in [2.24, 2.45) is 5.10 Å². The van der Waals surface area contributed by atoms with E-state index in [9.17, 15) is 4.79 Å². The maximum absolute atomic E-state index is 11.8. The van der Waals surface area contributed by atoms with Crippen LogP contribution in [0, 0.1) is 3.57 Å². The van der Waals surface area contributed by atoms with Crippen molar-refractivity contribution in [2.45, 2.75) is 13.3 Å². The standard InChI is InChI=1S/C16H15IN2O/c1-12(14-8-5-9-15(17)11-14)18-19-16(20)10-13-6-3-2-4-7-13/h2-9,11H,10H2,1H3,(H,19,20)/b18-12-. The van der Waals surface area contributed by atoms with Gasteiger partial charge in [0.1, 0.15) is 0 Å². The van der Waals surface area contributed by atoms with Crippen molar-refractivity contribution in [2.75, 3.05) is 0 Å². The lowest BCUT2D eigenvalue weighted by molar-refractivity contribution is -0.120. The quantitative estimate of drug-likeness (QED) is 0.495. The molecule has 2 rings (SSSR count). The number of benzene rings is 2. The number of hydrogen-bond donors (Lipinski definition) is 1. The predicted octanol–water partition coefficient (Wildman–Crippen LogP) is 3.37. The molecule has 0 atom stereocenters. The first kappa shape index (κ1) is 14.7. The van der Waals surface area contributed by atoms with E-state index in [0.29, 0.717) is 6.42 Å². The SMILES string of the molecule is C/C(=N/NC(=O)Cc1ccccc1)c1cccc(I)c1. The van der Waals surface area contributed by atoms with Crippen LogP contribution in [0.1, 0.15) is 18.1 Å². The first-order valence-corrected chi connectivity index (χ1v) is 7.36. The average molecular weight is 378 g/mol. The average Bonchev–Trinajstić information content (AvgIpc) is 2.46. The van der Waals surface area contributed by atoms with E-state index in [0.717, 1.165) is 20.4 Å². The zero-order valence-corrected chi connectivity index (χ0v) is 13.3. The summed E-state index contributed by atoms with van der Waals surface area (Å²) < 4.78 is 1.14. The van der Waals surface area contributed by atoms with E-state index in [-0.39, 0.29) is 5.91 Å². The lowest BCUT2D eigenvalue weighted by Crippen LogP contribution is -2.21. The van der Waals surface area contributed by atoms with Gasteiger partial charge in [-0.05, 0) is 52.8 Å². The van der Waals surface area contributed by atoms with E-state index in [2.05, 4.69) is 33.1 Å². The minimum atomic E-state index is -0.110. The molecule has 0 aliphatic heterocycles. The summed E-state index contributed by atoms with van der Waals surface area (Å²) in [5, 5.41) is 4.15. The van der Waals surface area contributed by atoms with Gasteiger partial charge < -0.3 is 0 Å². The fourth-order valence-electron chi connectivity index (χ4n) is 1.75. The lowest BCUT2D eigenvalue weighted by Gasteiger charge is -2.03. The van der Waals surface area contributed by atoms with Crippen LogP contribution in [0.5, 0.6) is 0 Å². The molecule has 0 saturated carbocycles. The summed E-state index contributed by atoms with van der Waals surface area (Å²) in [4.78, 5) is 11.8. The van der Waals surface area contributed by atoms with Crippen LogP contribution in [0.4, 0.5) is 0 Å². The van der Waals surface area contributed by atoms with Gasteiger partial charge in [0.15, 0.2) is 0 Å². The third-order valence-electron chi connectivity index (χ3n) is 2.80. The largest absolute Gasteiger partial charge is 0.273 e. The predicted molar refractivity (Wildman–Crippen MR) is 89.7 cm³/mol. The van der Waals surface area contributed by atoms with Crippen molar-refractivity contribution in [3.8, 4) is 0 Å². The molecule has 0 heterocycles. The second-order valence-corrected chi connectivity index (χ2v) is 5.65. The minimum absolute atomic E-state index is 0.110. The van der Waals surface area contributed by atoms with Gasteiger partial charge in [-0.3, -0.25) is 4.79 Å². The van der Waals surface area contributed by atoms with Crippen molar-refractivity contribution < 1.29 is 4.79 Å². The molecule has 102 valence electrons. The monoisotopic (exact) mass is 378 g/mol. The molecule has 0 bridgehead atoms. The Labute approximate surface area is 132 Å². The minimum Gasteiger partial charge on any atom is -0.273 e. The summed E-state index contributed by atoms with van der Waals surface area (Å²) in [5.74, 6) is -0.110. The van der Waals surface area contributed by atoms with Crippen LogP contribution < -0.4 is 5.43 Å². The maximum Gasteiger partial charge on any atom is 0.244 e. The highest BCUT2D eigenvalue weighted by atomic mass is 127. The Bertz CT molecular complexity index is 623. The van der Waals surface area contributed by atoms with Crippen LogP contribution in [-0.4, -0.2) is 11.6 Å². The highest BCUT2D eigenvalue weighted by Gasteiger charge is 2.03. The molecule has 20 heavy (non-hydrogen) atoms. The molecule has 0 aliphatic rings. The molecule has 0 fully saturated rings. The Morgan fingerprint density at radius 1 is 1.15 bits per heavy atom. The summed E-state index contributed by atoms with van der Waals surface area (Å²) in [6.45, 7) is 1.88. The molecular weight excluding hydrogens is 363 g/mol. The van der Waals surface area contributed by atoms with E-state index in [4.69, 9.17) is 0 Å². The lowest BCUT2D eigenvalue weighted by atomic mass is 10.1. The summed E-state index contributed by atoms with van der Waals surface area (Å²) in [5.41, 5.74) is 5.38. The molecule has 2 aromatic rings. The maximum atomic E-state index is 11.8. The fourth-order valence-corrected chi connectivity index (χ4v) is 2.29. The van der Waals surface area contributed by atoms with Gasteiger partial charge in [-0.15, -0.1) is 0 Å². The van der Waals surface area contributed by atoms with Crippen LogP contribution in [-0.2, 0) is 11.2 Å². The molecule has 0 aromatic heterocycles. The molecule has 4 heteroatoms. The number of hydrazone groups is 1. The molecule has 1 N–H and O–H groups in total. The number of carbonyl (C=O) groups is 1. The number of nitrogens with zero attached hydrogens (tertiary/aromatic N) is 1. The van der Waals surface area contributed by atoms with Gasteiger partial charge in [-0.1, -0.05) is 42.5 Å². The van der Waals surface area contributed by atoms with Gasteiger partial charge in [0.05, 0.1) is 12.1 Å².